The van der Waals surface area contributed by atoms with Crippen molar-refractivity contribution in [2.75, 3.05) is 0 Å². The molecule has 0 amide bonds. The number of fused-ring (bicyclic) bond motifs is 1. The fourth-order valence-electron chi connectivity index (χ4n) is 1.46. The van der Waals surface area contributed by atoms with E-state index in [0.717, 1.165) is 10.8 Å². The van der Waals surface area contributed by atoms with E-state index in [1.807, 2.05) is 36.6 Å². The van der Waals surface area contributed by atoms with Gasteiger partial charge in [-0.1, -0.05) is 24.3 Å². The van der Waals surface area contributed by atoms with Gasteiger partial charge in [0.2, 0.25) is 6.29 Å². The number of hydrogen-bond acceptors (Lipinski definition) is 2. The molecule has 0 N–H and O–H groups in total. The second-order valence-corrected chi connectivity index (χ2v) is 2.96. The molecule has 0 saturated heterocycles. The highest BCUT2D eigenvalue weighted by Crippen LogP contribution is 2.19. The lowest BCUT2D eigenvalue weighted by molar-refractivity contribution is 0.563. The van der Waals surface area contributed by atoms with Gasteiger partial charge in [-0.15, -0.1) is 0 Å². The van der Waals surface area contributed by atoms with Crippen molar-refractivity contribution in [2.24, 2.45) is 0 Å². The zero-order valence-electron chi connectivity index (χ0n) is 7.32. The Morgan fingerprint density at radius 1 is 1.14 bits per heavy atom. The van der Waals surface area contributed by atoms with E-state index < -0.39 is 0 Å². The van der Waals surface area contributed by atoms with Crippen molar-refractivity contribution in [1.82, 2.24) is 0 Å². The lowest BCUT2D eigenvalue weighted by Crippen LogP contribution is -1.86. The Kier molecular flexibility index (Phi) is 2.00. The fourth-order valence-corrected chi connectivity index (χ4v) is 1.46. The average molecular weight is 180 g/mol. The lowest BCUT2D eigenvalue weighted by Gasteiger charge is -2.00. The van der Waals surface area contributed by atoms with Crippen molar-refractivity contribution in [3.05, 3.63) is 47.5 Å². The summed E-state index contributed by atoms with van der Waals surface area (Å²) in [6.45, 7) is 0. The summed E-state index contributed by atoms with van der Waals surface area (Å²) in [5.41, 5.74) is 0.932. The van der Waals surface area contributed by atoms with Crippen LogP contribution in [0.2, 0.25) is 0 Å². The third-order valence-electron chi connectivity index (χ3n) is 2.10. The highest BCUT2D eigenvalue weighted by Gasteiger charge is 2.02. The summed E-state index contributed by atoms with van der Waals surface area (Å²) in [5, 5.41) is 10.5. The highest BCUT2D eigenvalue weighted by molar-refractivity contribution is 5.99. The minimum Gasteiger partial charge on any atom is -0.285 e. The molecule has 0 aliphatic carbocycles. The second kappa shape index (κ2) is 3.31. The molecule has 2 heteroatoms. The van der Waals surface area contributed by atoms with Crippen molar-refractivity contribution >= 4 is 17.1 Å². The van der Waals surface area contributed by atoms with Gasteiger partial charge in [0.25, 0.3) is 0 Å². The lowest BCUT2D eigenvalue weighted by atomic mass is 10.0. The Morgan fingerprint density at radius 3 is 2.64 bits per heavy atom. The molecule has 0 spiro atoms. The first-order valence-electron chi connectivity index (χ1n) is 4.16. The molecule has 0 bridgehead atoms. The Labute approximate surface area is 81.4 Å². The van der Waals surface area contributed by atoms with E-state index in [9.17, 15) is 4.79 Å². The molecule has 0 fully saturated rings. The SMILES string of the molecule is N#Cc1cc([C]=O)c2ccccc2c1. The molecule has 1 radical (unpaired) electrons. The average Bonchev–Trinajstić information content (AvgIpc) is 2.27. The van der Waals surface area contributed by atoms with Crippen molar-refractivity contribution in [1.29, 1.82) is 5.26 Å². The number of benzene rings is 2. The van der Waals surface area contributed by atoms with E-state index in [0.29, 0.717) is 11.1 Å². The maximum atomic E-state index is 10.7. The largest absolute Gasteiger partial charge is 0.285 e. The summed E-state index contributed by atoms with van der Waals surface area (Å²) in [4.78, 5) is 10.7. The van der Waals surface area contributed by atoms with Crippen LogP contribution >= 0.6 is 0 Å². The Balaban J connectivity index is 2.88. The van der Waals surface area contributed by atoms with Crippen LogP contribution in [0.25, 0.3) is 10.8 Å². The zero-order valence-corrected chi connectivity index (χ0v) is 7.32. The Hall–Kier alpha value is -2.14. The van der Waals surface area contributed by atoms with Gasteiger partial charge in [0, 0.05) is 5.56 Å². The fraction of sp³-hybridized carbons (Fsp3) is 0. The van der Waals surface area contributed by atoms with Crippen LogP contribution in [0.5, 0.6) is 0 Å². The minimum absolute atomic E-state index is 0.444. The summed E-state index contributed by atoms with van der Waals surface area (Å²) >= 11 is 0. The van der Waals surface area contributed by atoms with E-state index in [1.165, 1.54) is 0 Å². The van der Waals surface area contributed by atoms with E-state index in [4.69, 9.17) is 5.26 Å². The molecule has 14 heavy (non-hydrogen) atoms. The molecular weight excluding hydrogens is 174 g/mol. The van der Waals surface area contributed by atoms with E-state index in [2.05, 4.69) is 0 Å². The third kappa shape index (κ3) is 1.25. The number of hydrogen-bond donors (Lipinski definition) is 0. The van der Waals surface area contributed by atoms with Gasteiger partial charge in [-0.05, 0) is 22.9 Å². The summed E-state index contributed by atoms with van der Waals surface area (Å²) in [6, 6.07) is 12.8. The van der Waals surface area contributed by atoms with Gasteiger partial charge in [0.05, 0.1) is 11.6 Å². The van der Waals surface area contributed by atoms with Gasteiger partial charge in [-0.3, -0.25) is 4.79 Å². The first kappa shape index (κ1) is 8.46. The number of nitrogens with zero attached hydrogens (tertiary/aromatic N) is 1. The molecule has 0 saturated carbocycles. The van der Waals surface area contributed by atoms with Crippen LogP contribution in [0.1, 0.15) is 11.1 Å². The normalized spacial score (nSPS) is 9.64. The van der Waals surface area contributed by atoms with Gasteiger partial charge in [0.1, 0.15) is 0 Å². The molecule has 2 nitrogen and oxygen atoms in total. The molecule has 2 aromatic rings. The first-order chi connectivity index (χ1) is 6.85. The number of rotatable bonds is 1. The van der Waals surface area contributed by atoms with Crippen LogP contribution in [-0.4, -0.2) is 6.29 Å². The van der Waals surface area contributed by atoms with Crippen LogP contribution in [-0.2, 0) is 4.79 Å². The molecule has 0 unspecified atom stereocenters. The number of nitriles is 1. The predicted octanol–water partition coefficient (Wildman–Crippen LogP) is 2.17. The van der Waals surface area contributed by atoms with Gasteiger partial charge in [-0.2, -0.15) is 5.26 Å². The standard InChI is InChI=1S/C12H6NO/c13-7-9-5-10-3-1-2-4-12(10)11(6-9)8-14/h1-6H. The Bertz CT molecular complexity index is 538. The third-order valence-corrected chi connectivity index (χ3v) is 2.10. The minimum atomic E-state index is 0.444. The maximum absolute atomic E-state index is 10.7. The monoisotopic (exact) mass is 180 g/mol. The summed E-state index contributed by atoms with van der Waals surface area (Å²) in [6.07, 6.45) is 1.84. The van der Waals surface area contributed by atoms with Crippen LogP contribution in [0.4, 0.5) is 0 Å². The molecule has 2 rings (SSSR count). The predicted molar refractivity (Wildman–Crippen MR) is 53.5 cm³/mol. The Morgan fingerprint density at radius 2 is 1.93 bits per heavy atom. The molecule has 0 aliphatic heterocycles. The van der Waals surface area contributed by atoms with Crippen LogP contribution in [0.3, 0.4) is 0 Å². The van der Waals surface area contributed by atoms with E-state index >= 15 is 0 Å². The quantitative estimate of drug-likeness (QED) is 0.674. The second-order valence-electron chi connectivity index (χ2n) is 2.96. The highest BCUT2D eigenvalue weighted by atomic mass is 16.1. The van der Waals surface area contributed by atoms with Gasteiger partial charge < -0.3 is 0 Å². The molecule has 0 aliphatic rings. The molecular formula is C12H6NO. The molecule has 0 heterocycles. The van der Waals surface area contributed by atoms with Crippen LogP contribution in [0, 0.1) is 11.3 Å². The zero-order chi connectivity index (χ0) is 9.97. The number of carbonyl (C=O) groups excluding carboxylic acids is 1. The van der Waals surface area contributed by atoms with Crippen molar-refractivity contribution < 1.29 is 4.79 Å². The molecule has 0 aromatic heterocycles. The summed E-state index contributed by atoms with van der Waals surface area (Å²) in [7, 11) is 0. The molecule has 65 valence electrons. The van der Waals surface area contributed by atoms with E-state index in [-0.39, 0.29) is 0 Å². The van der Waals surface area contributed by atoms with Gasteiger partial charge in [0.15, 0.2) is 0 Å². The molecule has 2 aromatic carbocycles. The van der Waals surface area contributed by atoms with Gasteiger partial charge in [-0.25, -0.2) is 0 Å². The molecule has 0 atom stereocenters. The van der Waals surface area contributed by atoms with Crippen molar-refractivity contribution in [2.45, 2.75) is 0 Å². The van der Waals surface area contributed by atoms with Crippen molar-refractivity contribution in [3.8, 4) is 6.07 Å². The van der Waals surface area contributed by atoms with Gasteiger partial charge >= 0.3 is 0 Å². The van der Waals surface area contributed by atoms with Crippen molar-refractivity contribution in [3.63, 3.8) is 0 Å². The maximum Gasteiger partial charge on any atom is 0.234 e. The first-order valence-corrected chi connectivity index (χ1v) is 4.16. The van der Waals surface area contributed by atoms with E-state index in [1.54, 1.807) is 12.1 Å². The summed E-state index contributed by atoms with van der Waals surface area (Å²) in [5.74, 6) is 0. The smallest absolute Gasteiger partial charge is 0.234 e. The van der Waals surface area contributed by atoms with Crippen LogP contribution in [0.15, 0.2) is 36.4 Å². The summed E-state index contributed by atoms with van der Waals surface area (Å²) < 4.78 is 0. The van der Waals surface area contributed by atoms with Crippen LogP contribution < -0.4 is 0 Å². The topological polar surface area (TPSA) is 40.9 Å².